The van der Waals surface area contributed by atoms with E-state index in [0.717, 1.165) is 24.3 Å². The third-order valence-corrected chi connectivity index (χ3v) is 2.24. The van der Waals surface area contributed by atoms with E-state index in [4.69, 9.17) is 0 Å². The second kappa shape index (κ2) is 6.78. The molecule has 0 aromatic heterocycles. The van der Waals surface area contributed by atoms with E-state index in [9.17, 15) is 22.8 Å². The predicted molar refractivity (Wildman–Crippen MR) is 67.1 cm³/mol. The van der Waals surface area contributed by atoms with Crippen molar-refractivity contribution in [2.45, 2.75) is 13.1 Å². The second-order valence-corrected chi connectivity index (χ2v) is 3.84. The minimum Gasteiger partial charge on any atom is -0.338 e. The van der Waals surface area contributed by atoms with Gasteiger partial charge in [-0.3, -0.25) is 4.79 Å². The van der Waals surface area contributed by atoms with Gasteiger partial charge in [0.25, 0.3) is 0 Å². The van der Waals surface area contributed by atoms with Gasteiger partial charge < -0.3 is 16.0 Å². The zero-order chi connectivity index (χ0) is 15.2. The van der Waals surface area contributed by atoms with E-state index in [-0.39, 0.29) is 12.2 Å². The summed E-state index contributed by atoms with van der Waals surface area (Å²) in [5.41, 5.74) is -0.573. The van der Waals surface area contributed by atoms with E-state index in [0.29, 0.717) is 6.54 Å². The summed E-state index contributed by atoms with van der Waals surface area (Å²) in [6.45, 7) is 1.88. The Morgan fingerprint density at radius 3 is 2.20 bits per heavy atom. The first-order valence-electron chi connectivity index (χ1n) is 5.81. The van der Waals surface area contributed by atoms with Gasteiger partial charge in [-0.15, -0.1) is 0 Å². The molecule has 0 bridgehead atoms. The molecule has 0 saturated carbocycles. The van der Waals surface area contributed by atoms with Gasteiger partial charge in [-0.05, 0) is 31.2 Å². The Morgan fingerprint density at radius 1 is 1.10 bits per heavy atom. The summed E-state index contributed by atoms with van der Waals surface area (Å²) < 4.78 is 37.0. The van der Waals surface area contributed by atoms with Crippen molar-refractivity contribution >= 4 is 17.6 Å². The maximum atomic E-state index is 12.3. The molecule has 0 aliphatic heterocycles. The fourth-order valence-corrected chi connectivity index (χ4v) is 1.33. The van der Waals surface area contributed by atoms with Crippen LogP contribution in [0.5, 0.6) is 0 Å². The molecule has 0 heterocycles. The summed E-state index contributed by atoms with van der Waals surface area (Å²) in [7, 11) is 0. The third-order valence-electron chi connectivity index (χ3n) is 2.24. The van der Waals surface area contributed by atoms with Crippen LogP contribution in [0.15, 0.2) is 24.3 Å². The summed E-state index contributed by atoms with van der Waals surface area (Å²) in [5.74, 6) is -0.531. The quantitative estimate of drug-likeness (QED) is 0.793. The monoisotopic (exact) mass is 289 g/mol. The van der Waals surface area contributed by atoms with Crippen LogP contribution in [0, 0.1) is 0 Å². The Balaban J connectivity index is 2.48. The maximum absolute atomic E-state index is 12.3. The van der Waals surface area contributed by atoms with E-state index in [1.807, 2.05) is 0 Å². The molecule has 20 heavy (non-hydrogen) atoms. The zero-order valence-corrected chi connectivity index (χ0v) is 10.7. The molecule has 0 saturated heterocycles. The molecule has 1 aromatic carbocycles. The van der Waals surface area contributed by atoms with Crippen molar-refractivity contribution in [3.63, 3.8) is 0 Å². The molecule has 110 valence electrons. The van der Waals surface area contributed by atoms with Crippen LogP contribution in [0.4, 0.5) is 23.7 Å². The van der Waals surface area contributed by atoms with Crippen LogP contribution in [-0.2, 0) is 11.0 Å². The van der Waals surface area contributed by atoms with Crippen LogP contribution in [-0.4, -0.2) is 25.0 Å². The summed E-state index contributed by atoms with van der Waals surface area (Å²) in [5, 5.41) is 7.10. The molecule has 8 heteroatoms. The van der Waals surface area contributed by atoms with E-state index in [1.165, 1.54) is 0 Å². The van der Waals surface area contributed by atoms with Crippen LogP contribution in [0.1, 0.15) is 12.5 Å². The fourth-order valence-electron chi connectivity index (χ4n) is 1.33. The number of alkyl halides is 3. The normalized spacial score (nSPS) is 10.8. The zero-order valence-electron chi connectivity index (χ0n) is 10.7. The highest BCUT2D eigenvalue weighted by Gasteiger charge is 2.29. The SMILES string of the molecule is CCNC(=O)NCC(=O)Nc1ccc(C(F)(F)F)cc1. The Morgan fingerprint density at radius 2 is 1.70 bits per heavy atom. The highest BCUT2D eigenvalue weighted by atomic mass is 19.4. The van der Waals surface area contributed by atoms with Gasteiger partial charge in [0.1, 0.15) is 0 Å². The number of anilines is 1. The lowest BCUT2D eigenvalue weighted by Crippen LogP contribution is -2.39. The summed E-state index contributed by atoms with van der Waals surface area (Å²) in [6.07, 6.45) is -4.41. The van der Waals surface area contributed by atoms with Crippen molar-refractivity contribution in [2.24, 2.45) is 0 Å². The van der Waals surface area contributed by atoms with Crippen molar-refractivity contribution in [1.29, 1.82) is 0 Å². The average Bonchev–Trinajstić information content (AvgIpc) is 2.36. The number of hydrogen-bond donors (Lipinski definition) is 3. The lowest BCUT2D eigenvalue weighted by Gasteiger charge is -2.09. The molecule has 5 nitrogen and oxygen atoms in total. The lowest BCUT2D eigenvalue weighted by molar-refractivity contribution is -0.137. The Labute approximate surface area is 113 Å². The molecule has 0 unspecified atom stereocenters. The smallest absolute Gasteiger partial charge is 0.338 e. The first kappa shape index (κ1) is 15.8. The van der Waals surface area contributed by atoms with Gasteiger partial charge in [0, 0.05) is 12.2 Å². The number of benzene rings is 1. The number of hydrogen-bond acceptors (Lipinski definition) is 2. The Bertz CT molecular complexity index is 472. The number of amides is 3. The van der Waals surface area contributed by atoms with Crippen molar-refractivity contribution in [2.75, 3.05) is 18.4 Å². The predicted octanol–water partition coefficient (Wildman–Crippen LogP) is 1.96. The number of rotatable bonds is 4. The molecular weight excluding hydrogens is 275 g/mol. The van der Waals surface area contributed by atoms with E-state index >= 15 is 0 Å². The summed E-state index contributed by atoms with van der Waals surface area (Å²) in [4.78, 5) is 22.5. The minimum atomic E-state index is -4.41. The van der Waals surface area contributed by atoms with Crippen LogP contribution in [0.2, 0.25) is 0 Å². The van der Waals surface area contributed by atoms with Gasteiger partial charge in [-0.25, -0.2) is 4.79 Å². The molecule has 0 fully saturated rings. The average molecular weight is 289 g/mol. The van der Waals surface area contributed by atoms with Gasteiger partial charge in [0.05, 0.1) is 12.1 Å². The van der Waals surface area contributed by atoms with Gasteiger partial charge in [-0.1, -0.05) is 0 Å². The molecule has 0 atom stereocenters. The third kappa shape index (κ3) is 5.17. The van der Waals surface area contributed by atoms with E-state index in [1.54, 1.807) is 6.92 Å². The highest BCUT2D eigenvalue weighted by Crippen LogP contribution is 2.29. The number of nitrogens with one attached hydrogen (secondary N) is 3. The summed E-state index contributed by atoms with van der Waals surface area (Å²) in [6, 6.07) is 3.54. The largest absolute Gasteiger partial charge is 0.416 e. The fraction of sp³-hybridized carbons (Fsp3) is 0.333. The molecular formula is C12H14F3N3O2. The maximum Gasteiger partial charge on any atom is 0.416 e. The van der Waals surface area contributed by atoms with Gasteiger partial charge >= 0.3 is 12.2 Å². The standard InChI is InChI=1S/C12H14F3N3O2/c1-2-16-11(20)17-7-10(19)18-9-5-3-8(4-6-9)12(13,14)15/h3-6H,2,7H2,1H3,(H,18,19)(H2,16,17,20). The second-order valence-electron chi connectivity index (χ2n) is 3.84. The Kier molecular flexibility index (Phi) is 5.36. The number of halogens is 3. The van der Waals surface area contributed by atoms with Crippen molar-refractivity contribution < 1.29 is 22.8 Å². The lowest BCUT2D eigenvalue weighted by atomic mass is 10.2. The van der Waals surface area contributed by atoms with Gasteiger partial charge in [0.15, 0.2) is 0 Å². The van der Waals surface area contributed by atoms with Crippen LogP contribution >= 0.6 is 0 Å². The van der Waals surface area contributed by atoms with Crippen LogP contribution in [0.3, 0.4) is 0 Å². The first-order chi connectivity index (χ1) is 9.32. The number of urea groups is 1. The van der Waals surface area contributed by atoms with Crippen LogP contribution in [0.25, 0.3) is 0 Å². The number of carbonyl (C=O) groups is 2. The van der Waals surface area contributed by atoms with E-state index < -0.39 is 23.7 Å². The van der Waals surface area contributed by atoms with Crippen molar-refractivity contribution in [3.8, 4) is 0 Å². The van der Waals surface area contributed by atoms with Crippen molar-refractivity contribution in [1.82, 2.24) is 10.6 Å². The van der Waals surface area contributed by atoms with Gasteiger partial charge in [0.2, 0.25) is 5.91 Å². The topological polar surface area (TPSA) is 70.2 Å². The molecule has 1 aromatic rings. The molecule has 0 aliphatic rings. The first-order valence-corrected chi connectivity index (χ1v) is 5.81. The van der Waals surface area contributed by atoms with Gasteiger partial charge in [-0.2, -0.15) is 13.2 Å². The molecule has 3 amide bonds. The Hall–Kier alpha value is -2.25. The molecule has 3 N–H and O–H groups in total. The van der Waals surface area contributed by atoms with E-state index in [2.05, 4.69) is 16.0 Å². The number of carbonyl (C=O) groups excluding carboxylic acids is 2. The minimum absolute atomic E-state index is 0.223. The molecule has 0 spiro atoms. The van der Waals surface area contributed by atoms with Crippen LogP contribution < -0.4 is 16.0 Å². The molecule has 1 rings (SSSR count). The van der Waals surface area contributed by atoms with Crippen molar-refractivity contribution in [3.05, 3.63) is 29.8 Å². The highest BCUT2D eigenvalue weighted by molar-refractivity contribution is 5.94. The molecule has 0 radical (unpaired) electrons. The molecule has 0 aliphatic carbocycles. The summed E-state index contributed by atoms with van der Waals surface area (Å²) >= 11 is 0.